The van der Waals surface area contributed by atoms with Crippen molar-refractivity contribution in [1.29, 1.82) is 0 Å². The Bertz CT molecular complexity index is 821. The van der Waals surface area contributed by atoms with Crippen LogP contribution in [0.4, 0.5) is 5.69 Å². The summed E-state index contributed by atoms with van der Waals surface area (Å²) >= 11 is 1.47. The third-order valence-electron chi connectivity index (χ3n) is 5.11. The van der Waals surface area contributed by atoms with Gasteiger partial charge in [-0.15, -0.1) is 11.3 Å². The zero-order valence-electron chi connectivity index (χ0n) is 16.4. The molecule has 1 aliphatic carbocycles. The standard InChI is InChI=1S/C22H28N2O2S/c1-15-9-11-19(16(2)13-15)24(22(26)20-12-10-17(3)27-20)14-21(25)23-18-7-5-4-6-8-18/h9-13,18H,4-8,14H2,1-3H3,(H,23,25). The minimum atomic E-state index is -0.112. The van der Waals surface area contributed by atoms with E-state index < -0.39 is 0 Å². The lowest BCUT2D eigenvalue weighted by Crippen LogP contribution is -2.45. The van der Waals surface area contributed by atoms with E-state index in [-0.39, 0.29) is 24.4 Å². The summed E-state index contributed by atoms with van der Waals surface area (Å²) in [6.45, 7) is 6.05. The molecule has 1 aliphatic rings. The smallest absolute Gasteiger partial charge is 0.268 e. The molecule has 0 saturated heterocycles. The maximum absolute atomic E-state index is 13.2. The van der Waals surface area contributed by atoms with Gasteiger partial charge in [-0.2, -0.15) is 0 Å². The van der Waals surface area contributed by atoms with Crippen molar-refractivity contribution in [3.63, 3.8) is 0 Å². The number of nitrogens with one attached hydrogen (secondary N) is 1. The van der Waals surface area contributed by atoms with Gasteiger partial charge in [0.1, 0.15) is 6.54 Å². The van der Waals surface area contributed by atoms with Gasteiger partial charge in [0.15, 0.2) is 0 Å². The SMILES string of the molecule is Cc1ccc(N(CC(=O)NC2CCCCC2)C(=O)c2ccc(C)s2)c(C)c1. The fourth-order valence-corrected chi connectivity index (χ4v) is 4.54. The largest absolute Gasteiger partial charge is 0.352 e. The van der Waals surface area contributed by atoms with Gasteiger partial charge < -0.3 is 5.32 Å². The van der Waals surface area contributed by atoms with Gasteiger partial charge in [-0.05, 0) is 57.4 Å². The van der Waals surface area contributed by atoms with E-state index in [1.165, 1.54) is 30.6 Å². The highest BCUT2D eigenvalue weighted by molar-refractivity contribution is 7.14. The van der Waals surface area contributed by atoms with Gasteiger partial charge in [0, 0.05) is 16.6 Å². The van der Waals surface area contributed by atoms with E-state index in [0.29, 0.717) is 4.88 Å². The monoisotopic (exact) mass is 384 g/mol. The molecule has 1 aromatic heterocycles. The maximum Gasteiger partial charge on any atom is 0.268 e. The summed E-state index contributed by atoms with van der Waals surface area (Å²) in [6.07, 6.45) is 5.65. The highest BCUT2D eigenvalue weighted by Crippen LogP contribution is 2.26. The first kappa shape index (κ1) is 19.6. The predicted molar refractivity (Wildman–Crippen MR) is 112 cm³/mol. The Morgan fingerprint density at radius 3 is 2.44 bits per heavy atom. The second kappa shape index (κ2) is 8.70. The molecular weight excluding hydrogens is 356 g/mol. The second-order valence-electron chi connectivity index (χ2n) is 7.49. The molecule has 144 valence electrons. The first-order valence-corrected chi connectivity index (χ1v) is 10.5. The third-order valence-corrected chi connectivity index (χ3v) is 6.10. The molecule has 0 radical (unpaired) electrons. The number of aryl methyl sites for hydroxylation is 3. The van der Waals surface area contributed by atoms with E-state index in [1.54, 1.807) is 4.90 Å². The lowest BCUT2D eigenvalue weighted by Gasteiger charge is -2.27. The molecule has 0 atom stereocenters. The quantitative estimate of drug-likeness (QED) is 0.807. The number of anilines is 1. The van der Waals surface area contributed by atoms with Crippen molar-refractivity contribution in [3.8, 4) is 0 Å². The highest BCUT2D eigenvalue weighted by Gasteiger charge is 2.25. The summed E-state index contributed by atoms with van der Waals surface area (Å²) < 4.78 is 0. The van der Waals surface area contributed by atoms with E-state index in [0.717, 1.165) is 34.5 Å². The molecule has 27 heavy (non-hydrogen) atoms. The topological polar surface area (TPSA) is 49.4 Å². The van der Waals surface area contributed by atoms with Crippen LogP contribution in [0, 0.1) is 20.8 Å². The summed E-state index contributed by atoms with van der Waals surface area (Å²) in [7, 11) is 0. The number of hydrogen-bond donors (Lipinski definition) is 1. The fraction of sp³-hybridized carbons (Fsp3) is 0.455. The average molecular weight is 385 g/mol. The van der Waals surface area contributed by atoms with Crippen molar-refractivity contribution in [2.24, 2.45) is 0 Å². The molecule has 0 aliphatic heterocycles. The lowest BCUT2D eigenvalue weighted by molar-refractivity contribution is -0.120. The van der Waals surface area contributed by atoms with E-state index >= 15 is 0 Å². The number of thiophene rings is 1. The van der Waals surface area contributed by atoms with Gasteiger partial charge >= 0.3 is 0 Å². The first-order chi connectivity index (χ1) is 12.9. The van der Waals surface area contributed by atoms with Crippen molar-refractivity contribution in [1.82, 2.24) is 5.32 Å². The van der Waals surface area contributed by atoms with Crippen LogP contribution in [0.1, 0.15) is 57.8 Å². The Hall–Kier alpha value is -2.14. The Kier molecular flexibility index (Phi) is 6.32. The van der Waals surface area contributed by atoms with Crippen LogP contribution < -0.4 is 10.2 Å². The Morgan fingerprint density at radius 1 is 1.07 bits per heavy atom. The van der Waals surface area contributed by atoms with Crippen molar-refractivity contribution in [2.45, 2.75) is 58.9 Å². The number of nitrogens with zero attached hydrogens (tertiary/aromatic N) is 1. The summed E-state index contributed by atoms with van der Waals surface area (Å²) in [5.41, 5.74) is 2.94. The third kappa shape index (κ3) is 4.98. The summed E-state index contributed by atoms with van der Waals surface area (Å²) in [6, 6.07) is 10.0. The number of amides is 2. The molecular formula is C22H28N2O2S. The molecule has 1 saturated carbocycles. The Balaban J connectivity index is 1.82. The van der Waals surface area contributed by atoms with Crippen molar-refractivity contribution < 1.29 is 9.59 Å². The number of carbonyl (C=O) groups excluding carboxylic acids is 2. The van der Waals surface area contributed by atoms with Gasteiger partial charge in [0.05, 0.1) is 4.88 Å². The van der Waals surface area contributed by atoms with Gasteiger partial charge in [-0.3, -0.25) is 14.5 Å². The van der Waals surface area contributed by atoms with E-state index in [4.69, 9.17) is 0 Å². The van der Waals surface area contributed by atoms with Crippen LogP contribution in [-0.2, 0) is 4.79 Å². The first-order valence-electron chi connectivity index (χ1n) is 9.69. The Labute approximate surface area is 165 Å². The van der Waals surface area contributed by atoms with E-state index in [2.05, 4.69) is 5.32 Å². The number of rotatable bonds is 5. The van der Waals surface area contributed by atoms with Gasteiger partial charge in [0.2, 0.25) is 5.91 Å². The summed E-state index contributed by atoms with van der Waals surface area (Å²) in [5.74, 6) is -0.192. The van der Waals surface area contributed by atoms with Crippen molar-refractivity contribution in [2.75, 3.05) is 11.4 Å². The zero-order valence-corrected chi connectivity index (χ0v) is 17.2. The molecule has 1 aromatic carbocycles. The molecule has 1 N–H and O–H groups in total. The van der Waals surface area contributed by atoms with Gasteiger partial charge in [-0.1, -0.05) is 37.0 Å². The second-order valence-corrected chi connectivity index (χ2v) is 8.78. The average Bonchev–Trinajstić information content (AvgIpc) is 3.07. The number of benzene rings is 1. The van der Waals surface area contributed by atoms with E-state index in [1.807, 2.05) is 51.1 Å². The highest BCUT2D eigenvalue weighted by atomic mass is 32.1. The number of carbonyl (C=O) groups is 2. The molecule has 1 heterocycles. The van der Waals surface area contributed by atoms with E-state index in [9.17, 15) is 9.59 Å². The van der Waals surface area contributed by atoms with Crippen LogP contribution in [0.25, 0.3) is 0 Å². The predicted octanol–water partition coefficient (Wildman–Crippen LogP) is 4.77. The molecule has 0 bridgehead atoms. The Morgan fingerprint density at radius 2 is 1.81 bits per heavy atom. The van der Waals surface area contributed by atoms with Crippen LogP contribution in [-0.4, -0.2) is 24.4 Å². The molecule has 4 nitrogen and oxygen atoms in total. The molecule has 0 unspecified atom stereocenters. The maximum atomic E-state index is 13.2. The fourth-order valence-electron chi connectivity index (χ4n) is 3.72. The normalized spacial score (nSPS) is 14.8. The summed E-state index contributed by atoms with van der Waals surface area (Å²) in [5, 5.41) is 3.13. The minimum absolute atomic E-state index is 0.0518. The molecule has 0 spiro atoms. The van der Waals surface area contributed by atoms with Gasteiger partial charge in [0.25, 0.3) is 5.91 Å². The van der Waals surface area contributed by atoms with Crippen LogP contribution in [0.5, 0.6) is 0 Å². The molecule has 2 amide bonds. The lowest BCUT2D eigenvalue weighted by atomic mass is 9.95. The van der Waals surface area contributed by atoms with Crippen LogP contribution in [0.3, 0.4) is 0 Å². The summed E-state index contributed by atoms with van der Waals surface area (Å²) in [4.78, 5) is 29.3. The van der Waals surface area contributed by atoms with Crippen molar-refractivity contribution >= 4 is 28.8 Å². The zero-order chi connectivity index (χ0) is 19.4. The van der Waals surface area contributed by atoms with Crippen LogP contribution in [0.15, 0.2) is 30.3 Å². The van der Waals surface area contributed by atoms with Gasteiger partial charge in [-0.25, -0.2) is 0 Å². The van der Waals surface area contributed by atoms with Crippen LogP contribution >= 0.6 is 11.3 Å². The molecule has 5 heteroatoms. The molecule has 1 fully saturated rings. The van der Waals surface area contributed by atoms with Crippen molar-refractivity contribution in [3.05, 3.63) is 51.2 Å². The minimum Gasteiger partial charge on any atom is -0.352 e. The number of hydrogen-bond acceptors (Lipinski definition) is 3. The molecule has 3 rings (SSSR count). The molecule has 2 aromatic rings. The van der Waals surface area contributed by atoms with Crippen LogP contribution in [0.2, 0.25) is 0 Å².